The molecule has 3 nitrogen and oxygen atoms in total. The predicted molar refractivity (Wildman–Crippen MR) is 101 cm³/mol. The molecule has 0 saturated heterocycles. The molecule has 2 atom stereocenters. The van der Waals surface area contributed by atoms with Gasteiger partial charge in [-0.3, -0.25) is 4.90 Å². The van der Waals surface area contributed by atoms with Crippen LogP contribution in [-0.4, -0.2) is 61.2 Å². The molecule has 0 saturated carbocycles. The fraction of sp³-hybridized carbons (Fsp3) is 1.00. The van der Waals surface area contributed by atoms with E-state index in [9.17, 15) is 0 Å². The number of hydrogen-bond donors (Lipinski definition) is 1. The van der Waals surface area contributed by atoms with E-state index < -0.39 is 0 Å². The molecule has 0 amide bonds. The molecule has 0 spiro atoms. The van der Waals surface area contributed by atoms with Crippen LogP contribution in [0, 0.1) is 5.92 Å². The van der Waals surface area contributed by atoms with Crippen molar-refractivity contribution in [1.29, 1.82) is 0 Å². The normalized spacial score (nSPS) is 15.8. The van der Waals surface area contributed by atoms with E-state index in [0.717, 1.165) is 13.1 Å². The second-order valence-electron chi connectivity index (χ2n) is 8.22. The smallest absolute Gasteiger partial charge is 0.0156 e. The monoisotopic (exact) mass is 313 g/mol. The van der Waals surface area contributed by atoms with Gasteiger partial charge in [0.15, 0.2) is 0 Å². The molecule has 0 aliphatic rings. The minimum atomic E-state index is 0.286. The largest absolute Gasteiger partial charge is 0.314 e. The van der Waals surface area contributed by atoms with Crippen molar-refractivity contribution in [3.05, 3.63) is 0 Å². The van der Waals surface area contributed by atoms with Gasteiger partial charge in [-0.25, -0.2) is 0 Å². The van der Waals surface area contributed by atoms with Gasteiger partial charge in [-0.15, -0.1) is 0 Å². The van der Waals surface area contributed by atoms with E-state index in [2.05, 4.69) is 77.7 Å². The summed E-state index contributed by atoms with van der Waals surface area (Å²) in [5, 5.41) is 3.57. The van der Waals surface area contributed by atoms with E-state index in [1.807, 2.05) is 0 Å². The van der Waals surface area contributed by atoms with Crippen molar-refractivity contribution in [2.45, 2.75) is 85.4 Å². The average molecular weight is 314 g/mol. The first-order valence-electron chi connectivity index (χ1n) is 9.25. The Bertz CT molecular complexity index is 274. The summed E-state index contributed by atoms with van der Waals surface area (Å²) in [4.78, 5) is 4.99. The van der Waals surface area contributed by atoms with Gasteiger partial charge in [0.05, 0.1) is 0 Å². The van der Waals surface area contributed by atoms with Crippen LogP contribution >= 0.6 is 0 Å². The highest BCUT2D eigenvalue weighted by atomic mass is 15.2. The number of nitrogens with zero attached hydrogens (tertiary/aromatic N) is 2. The van der Waals surface area contributed by atoms with Gasteiger partial charge in [0.2, 0.25) is 0 Å². The Labute approximate surface area is 140 Å². The van der Waals surface area contributed by atoms with Crippen LogP contribution in [0.15, 0.2) is 0 Å². The minimum absolute atomic E-state index is 0.286. The summed E-state index contributed by atoms with van der Waals surface area (Å²) in [6.45, 7) is 19.8. The summed E-state index contributed by atoms with van der Waals surface area (Å²) in [7, 11) is 4.35. The highest BCUT2D eigenvalue weighted by molar-refractivity contribution is 4.83. The standard InChI is InChI=1S/C19H43N3/c1-10-22(13-11-12-18(5)21(8)9)19(6,7)14-17(4)15-20-16(2)3/h16-18,20H,10-15H2,1-9H3. The zero-order chi connectivity index (χ0) is 17.3. The first kappa shape index (κ1) is 21.9. The van der Waals surface area contributed by atoms with Crippen molar-refractivity contribution in [2.75, 3.05) is 33.7 Å². The van der Waals surface area contributed by atoms with Gasteiger partial charge in [0.1, 0.15) is 0 Å². The molecular formula is C19H43N3. The molecule has 0 bridgehead atoms. The van der Waals surface area contributed by atoms with E-state index in [1.165, 1.54) is 25.8 Å². The second kappa shape index (κ2) is 10.6. The molecule has 22 heavy (non-hydrogen) atoms. The van der Waals surface area contributed by atoms with Crippen LogP contribution in [0.4, 0.5) is 0 Å². The topological polar surface area (TPSA) is 18.5 Å². The average Bonchev–Trinajstić information content (AvgIpc) is 2.40. The van der Waals surface area contributed by atoms with Gasteiger partial charge in [-0.2, -0.15) is 0 Å². The summed E-state index contributed by atoms with van der Waals surface area (Å²) in [6, 6.07) is 1.26. The van der Waals surface area contributed by atoms with Crippen molar-refractivity contribution in [3.8, 4) is 0 Å². The quantitative estimate of drug-likeness (QED) is 0.590. The lowest BCUT2D eigenvalue weighted by molar-refractivity contribution is 0.0966. The zero-order valence-corrected chi connectivity index (χ0v) is 16.9. The summed E-state index contributed by atoms with van der Waals surface area (Å²) < 4.78 is 0. The van der Waals surface area contributed by atoms with Gasteiger partial charge >= 0.3 is 0 Å². The molecule has 0 aromatic heterocycles. The third kappa shape index (κ3) is 9.12. The van der Waals surface area contributed by atoms with Crippen LogP contribution in [-0.2, 0) is 0 Å². The van der Waals surface area contributed by atoms with Crippen LogP contribution < -0.4 is 5.32 Å². The lowest BCUT2D eigenvalue weighted by Crippen LogP contribution is -2.46. The number of hydrogen-bond acceptors (Lipinski definition) is 3. The molecule has 0 heterocycles. The van der Waals surface area contributed by atoms with Crippen LogP contribution in [0.1, 0.15) is 67.7 Å². The zero-order valence-electron chi connectivity index (χ0n) is 16.9. The Kier molecular flexibility index (Phi) is 10.6. The third-order valence-corrected chi connectivity index (χ3v) is 4.89. The summed E-state index contributed by atoms with van der Waals surface area (Å²) in [6.07, 6.45) is 3.82. The highest BCUT2D eigenvalue weighted by Crippen LogP contribution is 2.24. The van der Waals surface area contributed by atoms with Gasteiger partial charge in [0.25, 0.3) is 0 Å². The van der Waals surface area contributed by atoms with Crippen LogP contribution in [0.2, 0.25) is 0 Å². The van der Waals surface area contributed by atoms with E-state index in [1.54, 1.807) is 0 Å². The van der Waals surface area contributed by atoms with Crippen molar-refractivity contribution in [1.82, 2.24) is 15.1 Å². The van der Waals surface area contributed by atoms with Crippen LogP contribution in [0.25, 0.3) is 0 Å². The van der Waals surface area contributed by atoms with E-state index >= 15 is 0 Å². The lowest BCUT2D eigenvalue weighted by Gasteiger charge is -2.40. The number of nitrogens with one attached hydrogen (secondary N) is 1. The molecule has 0 aliphatic carbocycles. The van der Waals surface area contributed by atoms with Gasteiger partial charge in [-0.1, -0.05) is 27.7 Å². The maximum Gasteiger partial charge on any atom is 0.0156 e. The van der Waals surface area contributed by atoms with E-state index in [0.29, 0.717) is 18.0 Å². The lowest BCUT2D eigenvalue weighted by atomic mass is 9.89. The molecule has 0 rings (SSSR count). The maximum atomic E-state index is 3.57. The molecule has 2 unspecified atom stereocenters. The minimum Gasteiger partial charge on any atom is -0.314 e. The first-order valence-corrected chi connectivity index (χ1v) is 9.25. The van der Waals surface area contributed by atoms with Crippen molar-refractivity contribution in [3.63, 3.8) is 0 Å². The van der Waals surface area contributed by atoms with Gasteiger partial charge in [0, 0.05) is 17.6 Å². The second-order valence-corrected chi connectivity index (χ2v) is 8.22. The van der Waals surface area contributed by atoms with Crippen molar-refractivity contribution < 1.29 is 0 Å². The predicted octanol–water partition coefficient (Wildman–Crippen LogP) is 3.84. The molecule has 0 fully saturated rings. The molecular weight excluding hydrogens is 270 g/mol. The van der Waals surface area contributed by atoms with E-state index in [4.69, 9.17) is 0 Å². The van der Waals surface area contributed by atoms with Crippen molar-refractivity contribution in [2.24, 2.45) is 5.92 Å². The Morgan fingerprint density at radius 3 is 2.09 bits per heavy atom. The van der Waals surface area contributed by atoms with E-state index in [-0.39, 0.29) is 5.54 Å². The fourth-order valence-corrected chi connectivity index (χ4v) is 3.22. The maximum absolute atomic E-state index is 3.57. The molecule has 3 heteroatoms. The first-order chi connectivity index (χ1) is 10.1. The molecule has 0 radical (unpaired) electrons. The molecule has 0 aromatic carbocycles. The summed E-state index contributed by atoms with van der Waals surface area (Å²) in [5.41, 5.74) is 0.286. The van der Waals surface area contributed by atoms with Gasteiger partial charge in [-0.05, 0) is 79.7 Å². The number of rotatable bonds is 12. The van der Waals surface area contributed by atoms with Crippen LogP contribution in [0.3, 0.4) is 0 Å². The molecule has 134 valence electrons. The Balaban J connectivity index is 4.31. The Morgan fingerprint density at radius 2 is 1.64 bits per heavy atom. The van der Waals surface area contributed by atoms with Crippen molar-refractivity contribution >= 4 is 0 Å². The fourth-order valence-electron chi connectivity index (χ4n) is 3.22. The summed E-state index contributed by atoms with van der Waals surface area (Å²) >= 11 is 0. The molecule has 0 aliphatic heterocycles. The van der Waals surface area contributed by atoms with Gasteiger partial charge < -0.3 is 10.2 Å². The molecule has 1 N–H and O–H groups in total. The SMILES string of the molecule is CCN(CCCC(C)N(C)C)C(C)(C)CC(C)CNC(C)C. The third-order valence-electron chi connectivity index (χ3n) is 4.89. The van der Waals surface area contributed by atoms with Crippen LogP contribution in [0.5, 0.6) is 0 Å². The highest BCUT2D eigenvalue weighted by Gasteiger charge is 2.27. The Hall–Kier alpha value is -0.120. The summed E-state index contributed by atoms with van der Waals surface area (Å²) in [5.74, 6) is 0.715. The Morgan fingerprint density at radius 1 is 1.05 bits per heavy atom. The molecule has 0 aromatic rings.